The van der Waals surface area contributed by atoms with E-state index in [1.807, 2.05) is 12.1 Å². The first kappa shape index (κ1) is 21.3. The molecule has 0 radical (unpaired) electrons. The molecule has 0 unspecified atom stereocenters. The van der Waals surface area contributed by atoms with Crippen LogP contribution in [0.4, 0.5) is 5.69 Å². The van der Waals surface area contributed by atoms with Crippen molar-refractivity contribution in [3.05, 3.63) is 22.8 Å². The smallest absolute Gasteiger partial charge is 0.306 e. The van der Waals surface area contributed by atoms with Gasteiger partial charge in [-0.3, -0.25) is 14.1 Å². The van der Waals surface area contributed by atoms with E-state index in [9.17, 15) is 18.0 Å². The molecule has 0 aromatic heterocycles. The summed E-state index contributed by atoms with van der Waals surface area (Å²) in [5.41, 5.74) is 0.643. The van der Waals surface area contributed by atoms with Crippen LogP contribution >= 0.6 is 67.8 Å². The van der Waals surface area contributed by atoms with Gasteiger partial charge in [0.1, 0.15) is 12.4 Å². The van der Waals surface area contributed by atoms with Gasteiger partial charge >= 0.3 is 5.97 Å². The molecule has 2 N–H and O–H groups in total. The molecule has 1 aromatic rings. The molecule has 0 heterocycles. The number of esters is 1. The highest BCUT2D eigenvalue weighted by molar-refractivity contribution is 14.1. The molecule has 0 atom stereocenters. The molecule has 0 saturated heterocycles. The van der Waals surface area contributed by atoms with E-state index in [4.69, 9.17) is 4.55 Å². The first-order valence-corrected chi connectivity index (χ1v) is 11.0. The first-order chi connectivity index (χ1) is 10.6. The van der Waals surface area contributed by atoms with Gasteiger partial charge in [-0.25, -0.2) is 0 Å². The average Bonchev–Trinajstić information content (AvgIpc) is 2.41. The number of hydrogen-bond acceptors (Lipinski definition) is 5. The molecule has 23 heavy (non-hydrogen) atoms. The zero-order valence-electron chi connectivity index (χ0n) is 11.5. The van der Waals surface area contributed by atoms with Gasteiger partial charge in [-0.05, 0) is 79.9 Å². The lowest BCUT2D eigenvalue weighted by atomic mass is 10.2. The Bertz CT molecular complexity index is 684. The van der Waals surface area contributed by atoms with E-state index in [-0.39, 0.29) is 18.7 Å². The van der Waals surface area contributed by atoms with Crippen molar-refractivity contribution in [3.8, 4) is 0 Å². The summed E-state index contributed by atoms with van der Waals surface area (Å²) in [5.74, 6) is -1.70. The second-order valence-corrected chi connectivity index (χ2v) is 9.28. The predicted octanol–water partition coefficient (Wildman–Crippen LogP) is 2.65. The fourth-order valence-corrected chi connectivity index (χ4v) is 3.77. The van der Waals surface area contributed by atoms with Gasteiger partial charge in [0.25, 0.3) is 10.1 Å². The van der Waals surface area contributed by atoms with E-state index in [1.54, 1.807) is 0 Å². The molecule has 11 heteroatoms. The highest BCUT2D eigenvalue weighted by atomic mass is 127. The third kappa shape index (κ3) is 8.78. The van der Waals surface area contributed by atoms with Crippen LogP contribution in [-0.4, -0.2) is 37.2 Å². The summed E-state index contributed by atoms with van der Waals surface area (Å²) in [6.07, 6.45) is -0.250. The third-order valence-electron chi connectivity index (χ3n) is 2.43. The number of anilines is 1. The number of amides is 1. The number of benzene rings is 1. The maximum absolute atomic E-state index is 11.8. The van der Waals surface area contributed by atoms with Crippen LogP contribution in [0.25, 0.3) is 0 Å². The Balaban J connectivity index is 2.41. The Kier molecular flexibility index (Phi) is 8.95. The topological polar surface area (TPSA) is 110 Å². The molecule has 1 amide bonds. The summed E-state index contributed by atoms with van der Waals surface area (Å²) in [4.78, 5) is 23.2. The summed E-state index contributed by atoms with van der Waals surface area (Å²) >= 11 is 6.55. The Morgan fingerprint density at radius 2 is 1.70 bits per heavy atom. The van der Waals surface area contributed by atoms with Crippen molar-refractivity contribution in [2.75, 3.05) is 17.7 Å². The molecule has 0 aliphatic carbocycles. The van der Waals surface area contributed by atoms with Crippen molar-refractivity contribution in [2.45, 2.75) is 12.8 Å². The lowest BCUT2D eigenvalue weighted by Crippen LogP contribution is -2.17. The van der Waals surface area contributed by atoms with Crippen LogP contribution in [0.5, 0.6) is 0 Å². The number of halogens is 3. The lowest BCUT2D eigenvalue weighted by Gasteiger charge is -2.08. The average molecular weight is 679 g/mol. The third-order valence-corrected chi connectivity index (χ3v) is 8.04. The van der Waals surface area contributed by atoms with E-state index in [1.165, 1.54) is 0 Å². The molecule has 0 spiro atoms. The molecule has 0 fully saturated rings. The van der Waals surface area contributed by atoms with Crippen molar-refractivity contribution in [1.82, 2.24) is 0 Å². The molecule has 128 valence electrons. The number of ether oxygens (including phenoxy) is 1. The maximum atomic E-state index is 11.8. The van der Waals surface area contributed by atoms with Crippen molar-refractivity contribution < 1.29 is 27.3 Å². The monoisotopic (exact) mass is 679 g/mol. The maximum Gasteiger partial charge on any atom is 0.306 e. The van der Waals surface area contributed by atoms with E-state index < -0.39 is 28.4 Å². The van der Waals surface area contributed by atoms with E-state index in [2.05, 4.69) is 77.8 Å². The van der Waals surface area contributed by atoms with Gasteiger partial charge in [0.05, 0.1) is 6.42 Å². The molecule has 0 aliphatic heterocycles. The summed E-state index contributed by atoms with van der Waals surface area (Å²) < 4.78 is 37.1. The van der Waals surface area contributed by atoms with Gasteiger partial charge in [-0.15, -0.1) is 0 Å². The van der Waals surface area contributed by atoms with E-state index in [0.717, 1.165) is 10.7 Å². The minimum absolute atomic E-state index is 0.0795. The number of carbonyl (C=O) groups is 2. The lowest BCUT2D eigenvalue weighted by molar-refractivity contribution is -0.144. The van der Waals surface area contributed by atoms with Crippen LogP contribution < -0.4 is 5.32 Å². The first-order valence-electron chi connectivity index (χ1n) is 6.13. The van der Waals surface area contributed by atoms with Crippen LogP contribution in [0.1, 0.15) is 12.8 Å². The molecular weight excluding hydrogens is 667 g/mol. The molecule has 1 rings (SSSR count). The van der Waals surface area contributed by atoms with Gasteiger partial charge in [0.2, 0.25) is 5.91 Å². The molecule has 0 bridgehead atoms. The van der Waals surface area contributed by atoms with E-state index >= 15 is 0 Å². The zero-order valence-corrected chi connectivity index (χ0v) is 18.8. The number of carbonyl (C=O) groups excluding carboxylic acids is 2. The highest BCUT2D eigenvalue weighted by Crippen LogP contribution is 2.25. The minimum atomic E-state index is -4.16. The molecule has 7 nitrogen and oxygen atoms in total. The molecular formula is C12H12I3NO6S. The van der Waals surface area contributed by atoms with Crippen molar-refractivity contribution in [2.24, 2.45) is 0 Å². The van der Waals surface area contributed by atoms with Gasteiger partial charge < -0.3 is 10.1 Å². The summed E-state index contributed by atoms with van der Waals surface area (Å²) in [7, 11) is -4.16. The van der Waals surface area contributed by atoms with Crippen molar-refractivity contribution >= 4 is 95.5 Å². The van der Waals surface area contributed by atoms with Crippen LogP contribution in [0.2, 0.25) is 0 Å². The quantitative estimate of drug-likeness (QED) is 0.199. The second kappa shape index (κ2) is 9.67. The second-order valence-electron chi connectivity index (χ2n) is 4.31. The largest absolute Gasteiger partial charge is 0.464 e. The Morgan fingerprint density at radius 1 is 1.13 bits per heavy atom. The van der Waals surface area contributed by atoms with Crippen LogP contribution in [0.15, 0.2) is 12.1 Å². The van der Waals surface area contributed by atoms with Gasteiger partial charge in [0, 0.05) is 22.8 Å². The molecule has 0 saturated carbocycles. The fraction of sp³-hybridized carbons (Fsp3) is 0.333. The predicted molar refractivity (Wildman–Crippen MR) is 110 cm³/mol. The van der Waals surface area contributed by atoms with Crippen LogP contribution in [-0.2, 0) is 24.4 Å². The number of hydrogen-bond donors (Lipinski definition) is 2. The Morgan fingerprint density at radius 3 is 2.22 bits per heavy atom. The van der Waals surface area contributed by atoms with Gasteiger partial charge in [-0.1, -0.05) is 0 Å². The normalized spacial score (nSPS) is 11.1. The van der Waals surface area contributed by atoms with Crippen molar-refractivity contribution in [1.29, 1.82) is 0 Å². The standard InChI is InChI=1S/C12H12I3NO6S/c13-8-5-7(6-9(14)12(8)15)16-10(17)1-2-11(18)22-3-4-23(19,20)21/h5-6H,1-4H2,(H,16,17)(H,19,20,21). The molecule has 0 aliphatic rings. The van der Waals surface area contributed by atoms with E-state index in [0.29, 0.717) is 5.69 Å². The zero-order chi connectivity index (χ0) is 17.6. The fourth-order valence-electron chi connectivity index (χ4n) is 1.40. The Hall–Kier alpha value is 0.260. The van der Waals surface area contributed by atoms with Crippen LogP contribution in [0, 0.1) is 10.7 Å². The Labute approximate surface area is 174 Å². The van der Waals surface area contributed by atoms with Gasteiger partial charge in [0.15, 0.2) is 0 Å². The minimum Gasteiger partial charge on any atom is -0.464 e. The van der Waals surface area contributed by atoms with Crippen molar-refractivity contribution in [3.63, 3.8) is 0 Å². The van der Waals surface area contributed by atoms with Crippen LogP contribution in [0.3, 0.4) is 0 Å². The number of nitrogens with one attached hydrogen (secondary N) is 1. The number of rotatable bonds is 7. The SMILES string of the molecule is O=C(CCC(=O)OCCS(=O)(=O)O)Nc1cc(I)c(I)c(I)c1. The molecule has 1 aromatic carbocycles. The summed E-state index contributed by atoms with van der Waals surface area (Å²) in [6.45, 7) is -0.438. The highest BCUT2D eigenvalue weighted by Gasteiger charge is 2.12. The van der Waals surface area contributed by atoms with Gasteiger partial charge in [-0.2, -0.15) is 8.42 Å². The summed E-state index contributed by atoms with van der Waals surface area (Å²) in [5, 5.41) is 2.69. The summed E-state index contributed by atoms with van der Waals surface area (Å²) in [6, 6.07) is 3.65.